The van der Waals surface area contributed by atoms with Gasteiger partial charge in [0.05, 0.1) is 24.8 Å². The first kappa shape index (κ1) is 20.5. The van der Waals surface area contributed by atoms with Gasteiger partial charge in [0.15, 0.2) is 6.04 Å². The third kappa shape index (κ3) is 6.12. The molecular weight excluding hydrogens is 364 g/mol. The van der Waals surface area contributed by atoms with Crippen molar-refractivity contribution in [1.29, 1.82) is 5.26 Å². The molecule has 2 N–H and O–H groups in total. The smallest absolute Gasteiger partial charge is 0.330 e. The van der Waals surface area contributed by atoms with Crippen molar-refractivity contribution in [3.05, 3.63) is 53.6 Å². The Kier molecular flexibility index (Phi) is 7.83. The fourth-order valence-corrected chi connectivity index (χ4v) is 2.68. The molecule has 142 valence electrons. The van der Waals surface area contributed by atoms with Gasteiger partial charge in [-0.2, -0.15) is 17.0 Å². The third-order valence-electron chi connectivity index (χ3n) is 3.67. The molecular formula is C20H22N2O4S. The summed E-state index contributed by atoms with van der Waals surface area (Å²) in [5.41, 5.74) is 1.64. The van der Waals surface area contributed by atoms with Gasteiger partial charge >= 0.3 is 5.97 Å². The summed E-state index contributed by atoms with van der Waals surface area (Å²) in [7, 11) is 0. The van der Waals surface area contributed by atoms with Crippen LogP contribution in [0.3, 0.4) is 0 Å². The number of carbonyl (C=O) groups is 1. The number of nitrogens with zero attached hydrogens (tertiary/aromatic N) is 1. The molecule has 0 saturated carbocycles. The highest BCUT2D eigenvalue weighted by molar-refractivity contribution is 7.98. The molecule has 0 radical (unpaired) electrons. The summed E-state index contributed by atoms with van der Waals surface area (Å²) in [6.45, 7) is 2.86. The number of carboxylic acid groups (broad SMARTS) is 1. The number of hydrogen-bond acceptors (Lipinski definition) is 6. The predicted molar refractivity (Wildman–Crippen MR) is 107 cm³/mol. The molecule has 6 nitrogen and oxygen atoms in total. The first-order valence-electron chi connectivity index (χ1n) is 8.46. The van der Waals surface area contributed by atoms with Crippen LogP contribution in [0.15, 0.2) is 42.5 Å². The van der Waals surface area contributed by atoms with Gasteiger partial charge in [0.25, 0.3) is 0 Å². The number of carboxylic acids is 1. The number of anilines is 1. The van der Waals surface area contributed by atoms with Crippen LogP contribution in [0.5, 0.6) is 11.5 Å². The number of rotatable bonds is 10. The lowest BCUT2D eigenvalue weighted by Gasteiger charge is -2.18. The van der Waals surface area contributed by atoms with E-state index in [0.29, 0.717) is 41.5 Å². The van der Waals surface area contributed by atoms with Crippen molar-refractivity contribution in [3.8, 4) is 17.6 Å². The van der Waals surface area contributed by atoms with Crippen LogP contribution in [0.2, 0.25) is 0 Å². The standard InChI is InChI=1S/C20H22N2O4S/c1-3-25-17-10-15(11-18(12-17)26-8-9-27-2)19(20(23)24)22-16-6-4-14(13-21)5-7-16/h4-7,10-12,19,22H,3,8-9H2,1-2H3,(H,23,24). The fraction of sp³-hybridized carbons (Fsp3) is 0.300. The quantitative estimate of drug-likeness (QED) is 0.598. The highest BCUT2D eigenvalue weighted by atomic mass is 32.2. The Bertz CT molecular complexity index is 803. The number of hydrogen-bond donors (Lipinski definition) is 2. The first-order valence-corrected chi connectivity index (χ1v) is 9.85. The van der Waals surface area contributed by atoms with Crippen LogP contribution >= 0.6 is 11.8 Å². The minimum Gasteiger partial charge on any atom is -0.494 e. The maximum atomic E-state index is 11.9. The van der Waals surface area contributed by atoms with E-state index in [9.17, 15) is 9.90 Å². The number of nitrogens with one attached hydrogen (secondary N) is 1. The minimum atomic E-state index is -1.02. The predicted octanol–water partition coefficient (Wildman–Crippen LogP) is 3.94. The molecule has 0 fully saturated rings. The van der Waals surface area contributed by atoms with E-state index < -0.39 is 12.0 Å². The molecule has 0 amide bonds. The van der Waals surface area contributed by atoms with Crippen LogP contribution in [-0.2, 0) is 4.79 Å². The molecule has 0 spiro atoms. The molecule has 2 rings (SSSR count). The molecule has 0 aliphatic heterocycles. The first-order chi connectivity index (χ1) is 13.1. The highest BCUT2D eigenvalue weighted by Gasteiger charge is 2.21. The van der Waals surface area contributed by atoms with Crippen molar-refractivity contribution in [3.63, 3.8) is 0 Å². The summed E-state index contributed by atoms with van der Waals surface area (Å²) in [6.07, 6.45) is 1.99. The van der Waals surface area contributed by atoms with Crippen molar-refractivity contribution in [2.75, 3.05) is 30.5 Å². The Balaban J connectivity index is 2.30. The van der Waals surface area contributed by atoms with Crippen LogP contribution in [-0.4, -0.2) is 36.3 Å². The topological polar surface area (TPSA) is 91.6 Å². The Hall–Kier alpha value is -2.85. The Labute approximate surface area is 163 Å². The maximum absolute atomic E-state index is 11.9. The van der Waals surface area contributed by atoms with Gasteiger partial charge < -0.3 is 19.9 Å². The highest BCUT2D eigenvalue weighted by Crippen LogP contribution is 2.29. The van der Waals surface area contributed by atoms with Gasteiger partial charge in [-0.15, -0.1) is 0 Å². The van der Waals surface area contributed by atoms with Crippen molar-refractivity contribution in [2.45, 2.75) is 13.0 Å². The summed E-state index contributed by atoms with van der Waals surface area (Å²) in [5, 5.41) is 21.6. The van der Waals surface area contributed by atoms with E-state index in [1.807, 2.05) is 19.2 Å². The van der Waals surface area contributed by atoms with Crippen LogP contribution in [0, 0.1) is 11.3 Å². The summed E-state index contributed by atoms with van der Waals surface area (Å²) in [5.74, 6) is 0.933. The van der Waals surface area contributed by atoms with E-state index in [4.69, 9.17) is 14.7 Å². The van der Waals surface area contributed by atoms with Gasteiger partial charge in [0.2, 0.25) is 0 Å². The van der Waals surface area contributed by atoms with Gasteiger partial charge in [-0.25, -0.2) is 4.79 Å². The lowest BCUT2D eigenvalue weighted by Crippen LogP contribution is -2.20. The van der Waals surface area contributed by atoms with E-state index in [0.717, 1.165) is 5.75 Å². The van der Waals surface area contributed by atoms with Crippen LogP contribution < -0.4 is 14.8 Å². The van der Waals surface area contributed by atoms with Crippen molar-refractivity contribution >= 4 is 23.4 Å². The SMILES string of the molecule is CCOc1cc(OCCSC)cc(C(Nc2ccc(C#N)cc2)C(=O)O)c1. The molecule has 2 aromatic rings. The van der Waals surface area contributed by atoms with Gasteiger partial charge in [-0.05, 0) is 55.1 Å². The molecule has 0 aliphatic rings. The molecule has 0 aromatic heterocycles. The van der Waals surface area contributed by atoms with E-state index in [1.165, 1.54) is 0 Å². The van der Waals surface area contributed by atoms with Crippen LogP contribution in [0.25, 0.3) is 0 Å². The molecule has 0 bridgehead atoms. The molecule has 0 saturated heterocycles. The van der Waals surface area contributed by atoms with E-state index in [-0.39, 0.29) is 0 Å². The summed E-state index contributed by atoms with van der Waals surface area (Å²) >= 11 is 1.67. The lowest BCUT2D eigenvalue weighted by atomic mass is 10.1. The van der Waals surface area contributed by atoms with Gasteiger partial charge in [0.1, 0.15) is 11.5 Å². The maximum Gasteiger partial charge on any atom is 0.330 e. The molecule has 0 heterocycles. The molecule has 1 atom stereocenters. The largest absolute Gasteiger partial charge is 0.494 e. The molecule has 7 heteroatoms. The number of thioether (sulfide) groups is 1. The third-order valence-corrected chi connectivity index (χ3v) is 4.25. The van der Waals surface area contributed by atoms with Gasteiger partial charge in [-0.1, -0.05) is 0 Å². The zero-order chi connectivity index (χ0) is 19.6. The average molecular weight is 386 g/mol. The zero-order valence-corrected chi connectivity index (χ0v) is 16.1. The molecule has 2 aromatic carbocycles. The normalized spacial score (nSPS) is 11.3. The van der Waals surface area contributed by atoms with Crippen LogP contribution in [0.4, 0.5) is 5.69 Å². The number of ether oxygens (including phenoxy) is 2. The summed E-state index contributed by atoms with van der Waals surface area (Å²) in [6, 6.07) is 12.8. The summed E-state index contributed by atoms with van der Waals surface area (Å²) < 4.78 is 11.3. The second-order valence-electron chi connectivity index (χ2n) is 5.62. The monoisotopic (exact) mass is 386 g/mol. The van der Waals surface area contributed by atoms with Crippen molar-refractivity contribution in [2.24, 2.45) is 0 Å². The van der Waals surface area contributed by atoms with Crippen molar-refractivity contribution in [1.82, 2.24) is 0 Å². The molecule has 27 heavy (non-hydrogen) atoms. The summed E-state index contributed by atoms with van der Waals surface area (Å²) in [4.78, 5) is 11.9. The number of benzene rings is 2. The molecule has 0 aliphatic carbocycles. The van der Waals surface area contributed by atoms with Gasteiger partial charge in [0, 0.05) is 17.5 Å². The number of nitriles is 1. The van der Waals surface area contributed by atoms with E-state index in [1.54, 1.807) is 54.2 Å². The Morgan fingerprint density at radius 3 is 2.44 bits per heavy atom. The average Bonchev–Trinajstić information content (AvgIpc) is 2.66. The van der Waals surface area contributed by atoms with Gasteiger partial charge in [-0.3, -0.25) is 0 Å². The second kappa shape index (κ2) is 10.3. The number of aliphatic carboxylic acids is 1. The second-order valence-corrected chi connectivity index (χ2v) is 6.60. The Morgan fingerprint density at radius 2 is 1.89 bits per heavy atom. The fourth-order valence-electron chi connectivity index (χ4n) is 2.43. The Morgan fingerprint density at radius 1 is 1.22 bits per heavy atom. The van der Waals surface area contributed by atoms with Crippen LogP contribution in [0.1, 0.15) is 24.1 Å². The minimum absolute atomic E-state index is 0.467. The van der Waals surface area contributed by atoms with Crippen molar-refractivity contribution < 1.29 is 19.4 Å². The molecule has 1 unspecified atom stereocenters. The van der Waals surface area contributed by atoms with E-state index in [2.05, 4.69) is 5.32 Å². The lowest BCUT2D eigenvalue weighted by molar-refractivity contribution is -0.138. The zero-order valence-electron chi connectivity index (χ0n) is 15.3. The van der Waals surface area contributed by atoms with E-state index >= 15 is 0 Å².